The Morgan fingerprint density at radius 1 is 1.12 bits per heavy atom. The second-order valence-electron chi connectivity index (χ2n) is 6.42. The van der Waals surface area contributed by atoms with Gasteiger partial charge in [-0.15, -0.1) is 0 Å². The molecule has 2 atom stereocenters. The first kappa shape index (κ1) is 17.7. The van der Waals surface area contributed by atoms with E-state index in [1.807, 2.05) is 13.8 Å². The maximum atomic E-state index is 13.0. The monoisotopic (exact) mass is 362 g/mol. The molecular weight excluding hydrogens is 340 g/mol. The van der Waals surface area contributed by atoms with Gasteiger partial charge in [-0.1, -0.05) is 6.42 Å². The van der Waals surface area contributed by atoms with Crippen LogP contribution in [-0.4, -0.2) is 30.7 Å². The number of nitrogens with zero attached hydrogens (tertiary/aromatic N) is 1. The lowest BCUT2D eigenvalue weighted by atomic mass is 10.0. The minimum Gasteiger partial charge on any atom is -0.459 e. The van der Waals surface area contributed by atoms with Crippen molar-refractivity contribution in [2.24, 2.45) is 0 Å². The predicted octanol–water partition coefficient (Wildman–Crippen LogP) is 3.48. The molecule has 6 nitrogen and oxygen atoms in total. The maximum absolute atomic E-state index is 13.0. The van der Waals surface area contributed by atoms with Crippen LogP contribution in [0.5, 0.6) is 0 Å². The fourth-order valence-corrected chi connectivity index (χ4v) is 5.19. The highest BCUT2D eigenvalue weighted by Gasteiger charge is 2.35. The van der Waals surface area contributed by atoms with Gasteiger partial charge >= 0.3 is 0 Å². The van der Waals surface area contributed by atoms with E-state index in [1.54, 1.807) is 28.6 Å². The van der Waals surface area contributed by atoms with E-state index in [4.69, 9.17) is 4.42 Å². The summed E-state index contributed by atoms with van der Waals surface area (Å²) in [6.45, 7) is 3.90. The Bertz CT molecular complexity index is 818. The molecule has 1 aromatic heterocycles. The Balaban J connectivity index is 1.78. The molecule has 3 rings (SSSR count). The average molecular weight is 362 g/mol. The third-order valence-electron chi connectivity index (χ3n) is 4.55. The molecule has 1 aromatic carbocycles. The van der Waals surface area contributed by atoms with Crippen LogP contribution in [0.3, 0.4) is 0 Å². The standard InChI is InChI=1S/C18H22N2O4S/c1-13-5-3-6-14(2)20(13)25(22,23)16-10-8-15(9-11-16)19-18(21)17-7-4-12-24-17/h4,7-14H,3,5-6H2,1-2H3,(H,19,21)/t13-,14+. The summed E-state index contributed by atoms with van der Waals surface area (Å²) in [6.07, 6.45) is 4.22. The Hall–Kier alpha value is -2.12. The fourth-order valence-electron chi connectivity index (χ4n) is 3.30. The molecule has 1 fully saturated rings. The van der Waals surface area contributed by atoms with Gasteiger partial charge in [-0.2, -0.15) is 4.31 Å². The molecular formula is C18H22N2O4S. The van der Waals surface area contributed by atoms with E-state index in [2.05, 4.69) is 5.32 Å². The zero-order valence-electron chi connectivity index (χ0n) is 14.3. The third kappa shape index (κ3) is 3.62. The summed E-state index contributed by atoms with van der Waals surface area (Å²) in [4.78, 5) is 12.2. The molecule has 0 spiro atoms. The number of hydrogen-bond acceptors (Lipinski definition) is 4. The number of rotatable bonds is 4. The Morgan fingerprint density at radius 3 is 2.32 bits per heavy atom. The van der Waals surface area contributed by atoms with Gasteiger partial charge in [0, 0.05) is 17.8 Å². The molecule has 1 amide bonds. The Morgan fingerprint density at radius 2 is 1.76 bits per heavy atom. The van der Waals surface area contributed by atoms with Gasteiger partial charge in [-0.05, 0) is 63.1 Å². The van der Waals surface area contributed by atoms with Crippen LogP contribution in [0.25, 0.3) is 0 Å². The van der Waals surface area contributed by atoms with Crippen molar-refractivity contribution in [3.63, 3.8) is 0 Å². The van der Waals surface area contributed by atoms with Gasteiger partial charge in [-0.3, -0.25) is 4.79 Å². The van der Waals surface area contributed by atoms with E-state index in [0.29, 0.717) is 5.69 Å². The van der Waals surface area contributed by atoms with Crippen LogP contribution in [0.2, 0.25) is 0 Å². The lowest BCUT2D eigenvalue weighted by Gasteiger charge is -2.37. The number of carbonyl (C=O) groups is 1. The molecule has 1 saturated heterocycles. The van der Waals surface area contributed by atoms with Crippen LogP contribution in [0.4, 0.5) is 5.69 Å². The molecule has 0 radical (unpaired) electrons. The molecule has 1 N–H and O–H groups in total. The highest BCUT2D eigenvalue weighted by Crippen LogP contribution is 2.30. The van der Waals surface area contributed by atoms with Gasteiger partial charge in [0.25, 0.3) is 5.91 Å². The van der Waals surface area contributed by atoms with Gasteiger partial charge in [0.05, 0.1) is 11.2 Å². The van der Waals surface area contributed by atoms with Gasteiger partial charge < -0.3 is 9.73 Å². The fraction of sp³-hybridized carbons (Fsp3) is 0.389. The van der Waals surface area contributed by atoms with Crippen LogP contribution in [0.1, 0.15) is 43.7 Å². The predicted molar refractivity (Wildman–Crippen MR) is 94.9 cm³/mol. The van der Waals surface area contributed by atoms with Gasteiger partial charge in [0.2, 0.25) is 10.0 Å². The second-order valence-corrected chi connectivity index (χ2v) is 8.26. The van der Waals surface area contributed by atoms with E-state index in [1.165, 1.54) is 18.4 Å². The van der Waals surface area contributed by atoms with Gasteiger partial charge in [-0.25, -0.2) is 8.42 Å². The number of benzene rings is 1. The number of nitrogens with one attached hydrogen (secondary N) is 1. The number of sulfonamides is 1. The lowest BCUT2D eigenvalue weighted by molar-refractivity contribution is 0.0996. The van der Waals surface area contributed by atoms with Gasteiger partial charge in [0.1, 0.15) is 0 Å². The molecule has 0 bridgehead atoms. The summed E-state index contributed by atoms with van der Waals surface area (Å²) in [5, 5.41) is 2.68. The van der Waals surface area contributed by atoms with Gasteiger partial charge in [0.15, 0.2) is 5.76 Å². The van der Waals surface area contributed by atoms with Crippen molar-refractivity contribution in [2.45, 2.75) is 50.1 Å². The third-order valence-corrected chi connectivity index (χ3v) is 6.69. The summed E-state index contributed by atoms with van der Waals surface area (Å²) in [5.41, 5.74) is 0.514. The van der Waals surface area contributed by atoms with Crippen molar-refractivity contribution in [3.8, 4) is 0 Å². The van der Waals surface area contributed by atoms with Crippen LogP contribution in [-0.2, 0) is 10.0 Å². The summed E-state index contributed by atoms with van der Waals surface area (Å²) >= 11 is 0. The number of anilines is 1. The van der Waals surface area contributed by atoms with Crippen LogP contribution in [0.15, 0.2) is 52.0 Å². The number of hydrogen-bond donors (Lipinski definition) is 1. The van der Waals surface area contributed by atoms with Crippen molar-refractivity contribution in [3.05, 3.63) is 48.4 Å². The molecule has 25 heavy (non-hydrogen) atoms. The van der Waals surface area contributed by atoms with Crippen molar-refractivity contribution in [1.82, 2.24) is 4.31 Å². The minimum absolute atomic E-state index is 0.00733. The molecule has 1 aliphatic heterocycles. The summed E-state index contributed by atoms with van der Waals surface area (Å²) in [6, 6.07) is 9.42. The molecule has 0 aliphatic carbocycles. The average Bonchev–Trinajstić information content (AvgIpc) is 3.09. The lowest BCUT2D eigenvalue weighted by Crippen LogP contribution is -2.47. The molecule has 0 saturated carbocycles. The second kappa shape index (κ2) is 7.01. The van der Waals surface area contributed by atoms with E-state index >= 15 is 0 Å². The summed E-state index contributed by atoms with van der Waals surface area (Å²) in [5.74, 6) is -0.174. The SMILES string of the molecule is C[C@@H]1CCC[C@H](C)N1S(=O)(=O)c1ccc(NC(=O)c2ccco2)cc1. The molecule has 0 unspecified atom stereocenters. The number of furan rings is 1. The van der Waals surface area contributed by atoms with Crippen molar-refractivity contribution < 1.29 is 17.6 Å². The Labute approximate surface area is 147 Å². The molecule has 2 heterocycles. The van der Waals surface area contributed by atoms with Crippen LogP contribution >= 0.6 is 0 Å². The first-order valence-corrected chi connectivity index (χ1v) is 9.82. The highest BCUT2D eigenvalue weighted by molar-refractivity contribution is 7.89. The zero-order chi connectivity index (χ0) is 18.0. The number of amides is 1. The van der Waals surface area contributed by atoms with E-state index in [9.17, 15) is 13.2 Å². The first-order chi connectivity index (χ1) is 11.9. The zero-order valence-corrected chi connectivity index (χ0v) is 15.1. The number of piperidine rings is 1. The highest BCUT2D eigenvalue weighted by atomic mass is 32.2. The number of carbonyl (C=O) groups excluding carboxylic acids is 1. The van der Waals surface area contributed by atoms with Crippen molar-refractivity contribution in [1.29, 1.82) is 0 Å². The molecule has 2 aromatic rings. The topological polar surface area (TPSA) is 79.6 Å². The normalized spacial score (nSPS) is 21.8. The maximum Gasteiger partial charge on any atom is 0.291 e. The van der Waals surface area contributed by atoms with Crippen molar-refractivity contribution in [2.75, 3.05) is 5.32 Å². The molecule has 1 aliphatic rings. The minimum atomic E-state index is -3.55. The smallest absolute Gasteiger partial charge is 0.291 e. The van der Waals surface area contributed by atoms with E-state index < -0.39 is 10.0 Å². The van der Waals surface area contributed by atoms with E-state index in [0.717, 1.165) is 19.3 Å². The largest absolute Gasteiger partial charge is 0.459 e. The Kier molecular flexibility index (Phi) is 4.96. The van der Waals surface area contributed by atoms with Crippen LogP contribution < -0.4 is 5.32 Å². The van der Waals surface area contributed by atoms with Crippen molar-refractivity contribution >= 4 is 21.6 Å². The molecule has 134 valence electrons. The molecule has 7 heteroatoms. The summed E-state index contributed by atoms with van der Waals surface area (Å²) in [7, 11) is -3.55. The quantitative estimate of drug-likeness (QED) is 0.903. The summed E-state index contributed by atoms with van der Waals surface area (Å²) < 4.78 is 32.5. The van der Waals surface area contributed by atoms with Crippen LogP contribution in [0, 0.1) is 0 Å². The van der Waals surface area contributed by atoms with E-state index in [-0.39, 0.29) is 28.6 Å². The first-order valence-electron chi connectivity index (χ1n) is 8.38.